The van der Waals surface area contributed by atoms with E-state index in [1.54, 1.807) is 0 Å². The number of esters is 1. The number of methoxy groups -OCH3 is 1. The number of carbonyl (C=O) groups is 1. The molecule has 4 nitrogen and oxygen atoms in total. The van der Waals surface area contributed by atoms with E-state index in [-0.39, 0.29) is 11.9 Å². The number of aromatic nitrogens is 1. The van der Waals surface area contributed by atoms with E-state index >= 15 is 0 Å². The molecule has 1 heterocycles. The lowest BCUT2D eigenvalue weighted by Gasteiger charge is -2.51. The number of hydrogen-bond acceptors (Lipinski definition) is 4. The van der Waals surface area contributed by atoms with E-state index < -0.39 is 0 Å². The first-order valence-corrected chi connectivity index (χ1v) is 9.50. The Morgan fingerprint density at radius 3 is 2.62 bits per heavy atom. The van der Waals surface area contributed by atoms with Crippen molar-refractivity contribution in [1.82, 2.24) is 4.98 Å². The molecule has 1 spiro atoms. The van der Waals surface area contributed by atoms with Crippen LogP contribution < -0.4 is 5.32 Å². The minimum Gasteiger partial charge on any atom is -0.469 e. The number of nitrogens with one attached hydrogen (secondary N) is 1. The molecular weight excluding hydrogens is 300 g/mol. The molecule has 1 aromatic rings. The van der Waals surface area contributed by atoms with Crippen molar-refractivity contribution in [3.8, 4) is 0 Å². The van der Waals surface area contributed by atoms with Gasteiger partial charge >= 0.3 is 5.97 Å². The summed E-state index contributed by atoms with van der Waals surface area (Å²) < 4.78 is 4.90. The molecule has 3 aliphatic rings. The summed E-state index contributed by atoms with van der Waals surface area (Å²) in [5.74, 6) is 1.17. The minimum atomic E-state index is -0.0166. The smallest absolute Gasteiger partial charge is 0.308 e. The van der Waals surface area contributed by atoms with Gasteiger partial charge in [-0.15, -0.1) is 0 Å². The molecule has 1 N–H and O–H groups in total. The Kier molecular flexibility index (Phi) is 4.23. The summed E-state index contributed by atoms with van der Waals surface area (Å²) in [4.78, 5) is 16.3. The molecule has 130 valence electrons. The Balaban J connectivity index is 1.30. The zero-order valence-electron chi connectivity index (χ0n) is 14.6. The molecule has 1 aromatic heterocycles. The normalized spacial score (nSPS) is 31.9. The second-order valence-corrected chi connectivity index (χ2v) is 8.09. The summed E-state index contributed by atoms with van der Waals surface area (Å²) in [6.07, 6.45) is 13.9. The van der Waals surface area contributed by atoms with E-state index in [9.17, 15) is 4.79 Å². The maximum atomic E-state index is 11.7. The average molecular weight is 328 g/mol. The van der Waals surface area contributed by atoms with E-state index in [1.807, 2.05) is 0 Å². The van der Waals surface area contributed by atoms with Crippen LogP contribution in [0.2, 0.25) is 0 Å². The van der Waals surface area contributed by atoms with Crippen molar-refractivity contribution in [1.29, 1.82) is 0 Å². The van der Waals surface area contributed by atoms with Crippen LogP contribution in [0.1, 0.15) is 62.5 Å². The molecule has 0 unspecified atom stereocenters. The molecule has 0 aromatic carbocycles. The van der Waals surface area contributed by atoms with Gasteiger partial charge in [-0.2, -0.15) is 0 Å². The van der Waals surface area contributed by atoms with Crippen LogP contribution in [0.3, 0.4) is 0 Å². The van der Waals surface area contributed by atoms with Gasteiger partial charge in [0.05, 0.1) is 13.0 Å². The lowest BCUT2D eigenvalue weighted by molar-refractivity contribution is -0.148. The highest BCUT2D eigenvalue weighted by atomic mass is 16.5. The number of fused-ring (bicyclic) bond motifs is 1. The Morgan fingerprint density at radius 2 is 1.92 bits per heavy atom. The third-order valence-electron chi connectivity index (χ3n) is 6.52. The van der Waals surface area contributed by atoms with E-state index in [0.29, 0.717) is 11.5 Å². The SMILES string of the molecule is COC(=O)C1CCC2(CC1)CC(Nc1cc3c(cn1)CCCC3)C2. The summed E-state index contributed by atoms with van der Waals surface area (Å²) >= 11 is 0. The van der Waals surface area contributed by atoms with Crippen molar-refractivity contribution in [3.05, 3.63) is 23.4 Å². The van der Waals surface area contributed by atoms with Crippen molar-refractivity contribution < 1.29 is 9.53 Å². The van der Waals surface area contributed by atoms with Gasteiger partial charge in [0, 0.05) is 12.2 Å². The van der Waals surface area contributed by atoms with Gasteiger partial charge in [-0.05, 0) is 86.8 Å². The molecule has 4 heteroatoms. The number of ether oxygens (including phenoxy) is 1. The van der Waals surface area contributed by atoms with Gasteiger partial charge in [0.1, 0.15) is 5.82 Å². The van der Waals surface area contributed by atoms with Gasteiger partial charge in [-0.25, -0.2) is 4.98 Å². The van der Waals surface area contributed by atoms with E-state index in [4.69, 9.17) is 4.74 Å². The Labute approximate surface area is 144 Å². The molecule has 3 aliphatic carbocycles. The largest absolute Gasteiger partial charge is 0.469 e. The molecule has 4 rings (SSSR count). The van der Waals surface area contributed by atoms with Crippen LogP contribution >= 0.6 is 0 Å². The highest BCUT2D eigenvalue weighted by molar-refractivity contribution is 5.72. The van der Waals surface area contributed by atoms with Crippen LogP contribution in [0.15, 0.2) is 12.3 Å². The van der Waals surface area contributed by atoms with Crippen molar-refractivity contribution in [2.75, 3.05) is 12.4 Å². The highest BCUT2D eigenvalue weighted by Crippen LogP contribution is 2.53. The zero-order chi connectivity index (χ0) is 16.6. The van der Waals surface area contributed by atoms with Crippen molar-refractivity contribution >= 4 is 11.8 Å². The Morgan fingerprint density at radius 1 is 1.21 bits per heavy atom. The third kappa shape index (κ3) is 3.03. The summed E-state index contributed by atoms with van der Waals surface area (Å²) in [5, 5.41) is 3.64. The molecule has 0 saturated heterocycles. The lowest BCUT2D eigenvalue weighted by atomic mass is 9.57. The summed E-state index contributed by atoms with van der Waals surface area (Å²) in [6, 6.07) is 2.82. The van der Waals surface area contributed by atoms with Crippen molar-refractivity contribution in [2.24, 2.45) is 11.3 Å². The maximum Gasteiger partial charge on any atom is 0.308 e. The van der Waals surface area contributed by atoms with Crippen LogP contribution in [-0.2, 0) is 22.4 Å². The first-order chi connectivity index (χ1) is 11.7. The number of carbonyl (C=O) groups excluding carboxylic acids is 1. The van der Waals surface area contributed by atoms with Crippen LogP contribution in [0.5, 0.6) is 0 Å². The van der Waals surface area contributed by atoms with Crippen LogP contribution in [0.25, 0.3) is 0 Å². The fourth-order valence-electron chi connectivity index (χ4n) is 5.03. The monoisotopic (exact) mass is 328 g/mol. The van der Waals surface area contributed by atoms with Gasteiger partial charge in [0.2, 0.25) is 0 Å². The molecule has 0 amide bonds. The van der Waals surface area contributed by atoms with Crippen molar-refractivity contribution in [2.45, 2.75) is 70.3 Å². The standard InChI is InChI=1S/C20H28N2O2/c1-24-19(23)14-6-8-20(9-7-14)11-17(12-20)22-18-10-15-4-2-3-5-16(15)13-21-18/h10,13-14,17H,2-9,11-12H2,1H3,(H,21,22). The quantitative estimate of drug-likeness (QED) is 0.856. The number of aryl methyl sites for hydroxylation is 2. The van der Waals surface area contributed by atoms with Crippen LogP contribution in [0, 0.1) is 11.3 Å². The average Bonchev–Trinajstić information content (AvgIpc) is 2.60. The summed E-state index contributed by atoms with van der Waals surface area (Å²) in [5.41, 5.74) is 3.40. The predicted molar refractivity (Wildman–Crippen MR) is 93.9 cm³/mol. The van der Waals surface area contributed by atoms with Crippen LogP contribution in [0.4, 0.5) is 5.82 Å². The van der Waals surface area contributed by atoms with Gasteiger partial charge < -0.3 is 10.1 Å². The first kappa shape index (κ1) is 15.9. The number of nitrogens with zero attached hydrogens (tertiary/aromatic N) is 1. The molecule has 0 aliphatic heterocycles. The molecule has 24 heavy (non-hydrogen) atoms. The Hall–Kier alpha value is -1.58. The molecule has 0 radical (unpaired) electrons. The first-order valence-electron chi connectivity index (χ1n) is 9.50. The lowest BCUT2D eigenvalue weighted by Crippen LogP contribution is -2.47. The fourth-order valence-corrected chi connectivity index (χ4v) is 5.03. The Bertz CT molecular complexity index is 612. The zero-order valence-corrected chi connectivity index (χ0v) is 14.6. The second-order valence-electron chi connectivity index (χ2n) is 8.09. The fraction of sp³-hybridized carbons (Fsp3) is 0.700. The topological polar surface area (TPSA) is 51.2 Å². The molecule has 0 bridgehead atoms. The molecule has 2 fully saturated rings. The number of rotatable bonds is 3. The highest BCUT2D eigenvalue weighted by Gasteiger charge is 2.47. The van der Waals surface area contributed by atoms with Gasteiger partial charge in [-0.3, -0.25) is 4.79 Å². The minimum absolute atomic E-state index is 0.0166. The predicted octanol–water partition coefficient (Wildman–Crippen LogP) is 3.88. The molecule has 2 saturated carbocycles. The number of hydrogen-bond donors (Lipinski definition) is 1. The van der Waals surface area contributed by atoms with Gasteiger partial charge in [0.25, 0.3) is 0 Å². The number of anilines is 1. The summed E-state index contributed by atoms with van der Waals surface area (Å²) in [6.45, 7) is 0. The van der Waals surface area contributed by atoms with E-state index in [0.717, 1.165) is 18.7 Å². The molecule has 0 atom stereocenters. The van der Waals surface area contributed by atoms with E-state index in [1.165, 1.54) is 69.6 Å². The van der Waals surface area contributed by atoms with Crippen LogP contribution in [-0.4, -0.2) is 24.1 Å². The molecular formula is C20H28N2O2. The summed E-state index contributed by atoms with van der Waals surface area (Å²) in [7, 11) is 1.50. The van der Waals surface area contributed by atoms with E-state index in [2.05, 4.69) is 22.6 Å². The maximum absolute atomic E-state index is 11.7. The van der Waals surface area contributed by atoms with Gasteiger partial charge in [-0.1, -0.05) is 0 Å². The number of pyridine rings is 1. The van der Waals surface area contributed by atoms with Crippen molar-refractivity contribution in [3.63, 3.8) is 0 Å². The third-order valence-corrected chi connectivity index (χ3v) is 6.52. The van der Waals surface area contributed by atoms with Gasteiger partial charge in [0.15, 0.2) is 0 Å². The second kappa shape index (κ2) is 6.38.